The highest BCUT2D eigenvalue weighted by atomic mass is 15.1. The second-order valence-electron chi connectivity index (χ2n) is 5.88. The Morgan fingerprint density at radius 1 is 1.39 bits per heavy atom. The molecule has 1 aromatic rings. The summed E-state index contributed by atoms with van der Waals surface area (Å²) < 4.78 is 0. The van der Waals surface area contributed by atoms with Crippen molar-refractivity contribution in [2.24, 2.45) is 11.1 Å². The van der Waals surface area contributed by atoms with E-state index in [1.54, 1.807) is 5.57 Å². The molecule has 0 atom stereocenters. The van der Waals surface area contributed by atoms with Crippen molar-refractivity contribution in [1.82, 2.24) is 4.98 Å². The molecule has 1 aliphatic heterocycles. The third-order valence-electron chi connectivity index (χ3n) is 3.61. The lowest BCUT2D eigenvalue weighted by molar-refractivity contribution is 0.472. The quantitative estimate of drug-likeness (QED) is 0.815. The number of rotatable bonds is 2. The van der Waals surface area contributed by atoms with Gasteiger partial charge in [0.25, 0.3) is 0 Å². The normalized spacial score (nSPS) is 16.7. The van der Waals surface area contributed by atoms with Crippen LogP contribution in [0, 0.1) is 5.41 Å². The zero-order valence-electron chi connectivity index (χ0n) is 11.6. The van der Waals surface area contributed by atoms with Crippen molar-refractivity contribution in [3.8, 4) is 0 Å². The van der Waals surface area contributed by atoms with Crippen LogP contribution in [0.3, 0.4) is 0 Å². The van der Waals surface area contributed by atoms with E-state index in [1.807, 2.05) is 12.4 Å². The van der Waals surface area contributed by atoms with E-state index in [0.717, 1.165) is 25.1 Å². The molecule has 2 rings (SSSR count). The van der Waals surface area contributed by atoms with Crippen LogP contribution >= 0.6 is 0 Å². The predicted molar refractivity (Wildman–Crippen MR) is 76.5 cm³/mol. The topological polar surface area (TPSA) is 42.2 Å². The molecule has 2 N–H and O–H groups in total. The van der Waals surface area contributed by atoms with E-state index in [1.165, 1.54) is 5.69 Å². The molecule has 1 aromatic heterocycles. The van der Waals surface area contributed by atoms with Gasteiger partial charge in [-0.3, -0.25) is 4.98 Å². The average molecular weight is 245 g/mol. The second-order valence-corrected chi connectivity index (χ2v) is 5.88. The van der Waals surface area contributed by atoms with Crippen molar-refractivity contribution in [3.63, 3.8) is 0 Å². The molecule has 0 aliphatic carbocycles. The number of nitrogens with two attached hydrogens (primary N) is 1. The Kier molecular flexibility index (Phi) is 3.71. The van der Waals surface area contributed by atoms with Crippen molar-refractivity contribution in [2.75, 3.05) is 18.0 Å². The molecule has 0 amide bonds. The summed E-state index contributed by atoms with van der Waals surface area (Å²) in [6.07, 6.45) is 7.22. The highest BCUT2D eigenvalue weighted by molar-refractivity contribution is 5.53. The van der Waals surface area contributed by atoms with Gasteiger partial charge >= 0.3 is 0 Å². The van der Waals surface area contributed by atoms with Gasteiger partial charge in [0.2, 0.25) is 0 Å². The molecule has 0 saturated heterocycles. The summed E-state index contributed by atoms with van der Waals surface area (Å²) in [5, 5.41) is 0. The molecule has 2 heterocycles. The molecule has 0 aromatic carbocycles. The minimum absolute atomic E-state index is 0.293. The monoisotopic (exact) mass is 245 g/mol. The van der Waals surface area contributed by atoms with E-state index < -0.39 is 0 Å². The lowest BCUT2D eigenvalue weighted by atomic mass is 9.83. The fraction of sp³-hybridized carbons (Fsp3) is 0.533. The number of pyridine rings is 1. The van der Waals surface area contributed by atoms with Crippen LogP contribution in [0.5, 0.6) is 0 Å². The minimum Gasteiger partial charge on any atom is -0.367 e. The third-order valence-corrected chi connectivity index (χ3v) is 3.61. The lowest BCUT2D eigenvalue weighted by Crippen LogP contribution is -2.32. The van der Waals surface area contributed by atoms with Gasteiger partial charge < -0.3 is 10.6 Å². The lowest BCUT2D eigenvalue weighted by Gasteiger charge is -2.34. The third kappa shape index (κ3) is 2.72. The number of nitrogens with zero attached hydrogens (tertiary/aromatic N) is 2. The van der Waals surface area contributed by atoms with Crippen LogP contribution < -0.4 is 10.6 Å². The molecule has 0 unspecified atom stereocenters. The van der Waals surface area contributed by atoms with E-state index in [-0.39, 0.29) is 0 Å². The maximum Gasteiger partial charge on any atom is 0.0445 e. The fourth-order valence-corrected chi connectivity index (χ4v) is 2.45. The molecular formula is C15H23N3. The van der Waals surface area contributed by atoms with Crippen molar-refractivity contribution in [2.45, 2.75) is 33.7 Å². The van der Waals surface area contributed by atoms with E-state index in [0.29, 0.717) is 12.0 Å². The Morgan fingerprint density at radius 3 is 2.72 bits per heavy atom. The molecule has 1 aliphatic rings. The molecule has 0 spiro atoms. The van der Waals surface area contributed by atoms with Crippen LogP contribution in [0.1, 0.15) is 32.8 Å². The Balaban J connectivity index is 2.17. The van der Waals surface area contributed by atoms with Crippen LogP contribution in [0.15, 0.2) is 30.1 Å². The summed E-state index contributed by atoms with van der Waals surface area (Å²) in [5.41, 5.74) is 9.98. The molecule has 0 saturated carbocycles. The average Bonchev–Trinajstić information content (AvgIpc) is 2.38. The first-order valence-electron chi connectivity index (χ1n) is 6.60. The highest BCUT2D eigenvalue weighted by Gasteiger charge is 2.22. The standard InChI is InChI=1S/C15H23N3/c1-15(2,3)13-5-8-18(9-6-13)14-4-7-17-11-12(14)10-16/h4-5,7,11H,6,8-10,16H2,1-3H3. The second kappa shape index (κ2) is 5.11. The van der Waals surface area contributed by atoms with Gasteiger partial charge in [0.15, 0.2) is 0 Å². The minimum atomic E-state index is 0.293. The zero-order valence-corrected chi connectivity index (χ0v) is 11.6. The van der Waals surface area contributed by atoms with Crippen molar-refractivity contribution >= 4 is 5.69 Å². The van der Waals surface area contributed by atoms with Gasteiger partial charge in [-0.2, -0.15) is 0 Å². The van der Waals surface area contributed by atoms with Gasteiger partial charge in [0.05, 0.1) is 0 Å². The van der Waals surface area contributed by atoms with E-state index >= 15 is 0 Å². The van der Waals surface area contributed by atoms with Crippen LogP contribution in [0.2, 0.25) is 0 Å². The molecule has 0 fully saturated rings. The number of hydrogen-bond acceptors (Lipinski definition) is 3. The van der Waals surface area contributed by atoms with Crippen LogP contribution in [0.25, 0.3) is 0 Å². The molecule has 3 heteroatoms. The van der Waals surface area contributed by atoms with Gasteiger partial charge in [0.1, 0.15) is 0 Å². The summed E-state index contributed by atoms with van der Waals surface area (Å²) in [5.74, 6) is 0. The van der Waals surface area contributed by atoms with E-state index in [9.17, 15) is 0 Å². The highest BCUT2D eigenvalue weighted by Crippen LogP contribution is 2.32. The van der Waals surface area contributed by atoms with Crippen molar-refractivity contribution < 1.29 is 0 Å². The van der Waals surface area contributed by atoms with Crippen LogP contribution in [-0.2, 0) is 6.54 Å². The van der Waals surface area contributed by atoms with Crippen LogP contribution in [-0.4, -0.2) is 18.1 Å². The van der Waals surface area contributed by atoms with E-state index in [4.69, 9.17) is 5.73 Å². The summed E-state index contributed by atoms with van der Waals surface area (Å²) in [6, 6.07) is 2.07. The first kappa shape index (κ1) is 13.1. The summed E-state index contributed by atoms with van der Waals surface area (Å²) in [7, 11) is 0. The van der Waals surface area contributed by atoms with Gasteiger partial charge in [-0.15, -0.1) is 0 Å². The first-order valence-corrected chi connectivity index (χ1v) is 6.60. The van der Waals surface area contributed by atoms with Crippen molar-refractivity contribution in [1.29, 1.82) is 0 Å². The summed E-state index contributed by atoms with van der Waals surface area (Å²) in [4.78, 5) is 6.53. The first-order chi connectivity index (χ1) is 8.52. The summed E-state index contributed by atoms with van der Waals surface area (Å²) in [6.45, 7) is 9.45. The van der Waals surface area contributed by atoms with Gasteiger partial charge in [-0.1, -0.05) is 32.4 Å². The number of aromatic nitrogens is 1. The molecular weight excluding hydrogens is 222 g/mol. The molecule has 0 bridgehead atoms. The maximum absolute atomic E-state index is 5.77. The molecule has 3 nitrogen and oxygen atoms in total. The van der Waals surface area contributed by atoms with Gasteiger partial charge in [-0.05, 0) is 17.9 Å². The van der Waals surface area contributed by atoms with Gasteiger partial charge in [0, 0.05) is 43.3 Å². The smallest absolute Gasteiger partial charge is 0.0445 e. The molecule has 0 radical (unpaired) electrons. The molecule has 18 heavy (non-hydrogen) atoms. The maximum atomic E-state index is 5.77. The Hall–Kier alpha value is -1.35. The fourth-order valence-electron chi connectivity index (χ4n) is 2.45. The van der Waals surface area contributed by atoms with Crippen LogP contribution in [0.4, 0.5) is 5.69 Å². The largest absolute Gasteiger partial charge is 0.367 e. The Morgan fingerprint density at radius 2 is 2.17 bits per heavy atom. The zero-order chi connectivity index (χ0) is 13.2. The predicted octanol–water partition coefficient (Wildman–Crippen LogP) is 2.72. The summed E-state index contributed by atoms with van der Waals surface area (Å²) >= 11 is 0. The number of hydrogen-bond donors (Lipinski definition) is 1. The van der Waals surface area contributed by atoms with Gasteiger partial charge in [-0.25, -0.2) is 0 Å². The number of anilines is 1. The molecule has 98 valence electrons. The van der Waals surface area contributed by atoms with E-state index in [2.05, 4.69) is 42.8 Å². The SMILES string of the molecule is CC(C)(C)C1=CCN(c2ccncc2CN)CC1. The Bertz CT molecular complexity index is 443. The Labute approximate surface area is 110 Å². The van der Waals surface area contributed by atoms with Crippen molar-refractivity contribution in [3.05, 3.63) is 35.7 Å².